The van der Waals surface area contributed by atoms with Gasteiger partial charge in [-0.2, -0.15) is 0 Å². The molecule has 0 unspecified atom stereocenters. The fraction of sp³-hybridized carbons (Fsp3) is 0.316. The molecule has 2 atom stereocenters. The monoisotopic (exact) mass is 295 g/mol. The average molecular weight is 295 g/mol. The molecule has 2 aromatic carbocycles. The van der Waals surface area contributed by atoms with Crippen LogP contribution in [0.1, 0.15) is 33.8 Å². The zero-order valence-electron chi connectivity index (χ0n) is 12.8. The number of rotatable bonds is 3. The van der Waals surface area contributed by atoms with Crippen LogP contribution in [-0.2, 0) is 4.74 Å². The number of hydrogen-bond donors (Lipinski definition) is 1. The molecular weight excluding hydrogens is 274 g/mol. The highest BCUT2D eigenvalue weighted by atomic mass is 16.5. The SMILES string of the molecule is Cc1cccc(C(=O)O[C@H]2CNCC[C@@H]2c2ccccc2)c1. The van der Waals surface area contributed by atoms with E-state index in [1.807, 2.05) is 49.4 Å². The van der Waals surface area contributed by atoms with Gasteiger partial charge in [-0.25, -0.2) is 4.79 Å². The summed E-state index contributed by atoms with van der Waals surface area (Å²) in [7, 11) is 0. The topological polar surface area (TPSA) is 38.3 Å². The van der Waals surface area contributed by atoms with Crippen LogP contribution >= 0.6 is 0 Å². The summed E-state index contributed by atoms with van der Waals surface area (Å²) in [5.41, 5.74) is 2.93. The number of benzene rings is 2. The van der Waals surface area contributed by atoms with Crippen molar-refractivity contribution in [2.75, 3.05) is 13.1 Å². The van der Waals surface area contributed by atoms with Crippen LogP contribution in [0.4, 0.5) is 0 Å². The fourth-order valence-corrected chi connectivity index (χ4v) is 3.01. The first kappa shape index (κ1) is 14.8. The highest BCUT2D eigenvalue weighted by Crippen LogP contribution is 2.28. The van der Waals surface area contributed by atoms with Gasteiger partial charge in [0.1, 0.15) is 6.10 Å². The van der Waals surface area contributed by atoms with E-state index in [1.54, 1.807) is 0 Å². The normalized spacial score (nSPS) is 21.3. The fourth-order valence-electron chi connectivity index (χ4n) is 3.01. The van der Waals surface area contributed by atoms with Gasteiger partial charge in [-0.3, -0.25) is 0 Å². The quantitative estimate of drug-likeness (QED) is 0.883. The molecule has 22 heavy (non-hydrogen) atoms. The maximum atomic E-state index is 12.4. The summed E-state index contributed by atoms with van der Waals surface area (Å²) >= 11 is 0. The molecule has 0 aromatic heterocycles. The molecule has 0 bridgehead atoms. The third-order valence-electron chi connectivity index (χ3n) is 4.17. The van der Waals surface area contributed by atoms with Crippen molar-refractivity contribution in [1.29, 1.82) is 0 Å². The Morgan fingerprint density at radius 3 is 2.73 bits per heavy atom. The Labute approximate surface area is 131 Å². The highest BCUT2D eigenvalue weighted by Gasteiger charge is 2.29. The number of carbonyl (C=O) groups excluding carboxylic acids is 1. The number of esters is 1. The Bertz CT molecular complexity index is 639. The van der Waals surface area contributed by atoms with Crippen LogP contribution < -0.4 is 5.32 Å². The van der Waals surface area contributed by atoms with Gasteiger partial charge < -0.3 is 10.1 Å². The van der Waals surface area contributed by atoms with E-state index in [9.17, 15) is 4.79 Å². The third kappa shape index (κ3) is 3.37. The van der Waals surface area contributed by atoms with Crippen LogP contribution in [0.5, 0.6) is 0 Å². The predicted octanol–water partition coefficient (Wildman–Crippen LogP) is 3.30. The van der Waals surface area contributed by atoms with Gasteiger partial charge in [0.2, 0.25) is 0 Å². The van der Waals surface area contributed by atoms with E-state index >= 15 is 0 Å². The first-order valence-electron chi connectivity index (χ1n) is 7.77. The lowest BCUT2D eigenvalue weighted by molar-refractivity contribution is 0.0182. The molecule has 0 radical (unpaired) electrons. The Morgan fingerprint density at radius 2 is 1.95 bits per heavy atom. The van der Waals surface area contributed by atoms with Gasteiger partial charge in [0, 0.05) is 12.5 Å². The molecule has 0 aliphatic carbocycles. The summed E-state index contributed by atoms with van der Waals surface area (Å²) in [6.45, 7) is 3.64. The summed E-state index contributed by atoms with van der Waals surface area (Å²) in [5.74, 6) is 0.0227. The van der Waals surface area contributed by atoms with Crippen molar-refractivity contribution < 1.29 is 9.53 Å². The van der Waals surface area contributed by atoms with Gasteiger partial charge in [0.15, 0.2) is 0 Å². The summed E-state index contributed by atoms with van der Waals surface area (Å²) in [5, 5.41) is 3.33. The number of hydrogen-bond acceptors (Lipinski definition) is 3. The van der Waals surface area contributed by atoms with E-state index in [1.165, 1.54) is 5.56 Å². The molecule has 1 fully saturated rings. The van der Waals surface area contributed by atoms with Gasteiger partial charge in [-0.15, -0.1) is 0 Å². The molecule has 2 aromatic rings. The van der Waals surface area contributed by atoms with Crippen LogP contribution in [0.3, 0.4) is 0 Å². The van der Waals surface area contributed by atoms with E-state index in [4.69, 9.17) is 4.74 Å². The first-order chi connectivity index (χ1) is 10.7. The van der Waals surface area contributed by atoms with E-state index in [2.05, 4.69) is 17.4 Å². The minimum Gasteiger partial charge on any atom is -0.457 e. The molecular formula is C19H21NO2. The molecule has 1 aliphatic heterocycles. The molecule has 3 nitrogen and oxygen atoms in total. The standard InChI is InChI=1S/C19H21NO2/c1-14-6-5-9-16(12-14)19(21)22-18-13-20-11-10-17(18)15-7-3-2-4-8-15/h2-9,12,17-18,20H,10-11,13H2,1H3/t17-,18+/m1/s1. The molecule has 0 amide bonds. The van der Waals surface area contributed by atoms with E-state index in [0.717, 1.165) is 18.5 Å². The van der Waals surface area contributed by atoms with Crippen LogP contribution in [0.2, 0.25) is 0 Å². The second-order valence-corrected chi connectivity index (χ2v) is 5.82. The number of carbonyl (C=O) groups is 1. The summed E-state index contributed by atoms with van der Waals surface area (Å²) < 4.78 is 5.80. The zero-order chi connectivity index (χ0) is 15.4. The van der Waals surface area contributed by atoms with Crippen molar-refractivity contribution in [2.45, 2.75) is 25.4 Å². The van der Waals surface area contributed by atoms with Crippen molar-refractivity contribution in [3.63, 3.8) is 0 Å². The lowest BCUT2D eigenvalue weighted by Gasteiger charge is -2.32. The minimum atomic E-state index is -0.238. The average Bonchev–Trinajstić information content (AvgIpc) is 2.56. The molecule has 0 saturated carbocycles. The number of nitrogens with one attached hydrogen (secondary N) is 1. The lowest BCUT2D eigenvalue weighted by Crippen LogP contribution is -2.42. The largest absolute Gasteiger partial charge is 0.457 e. The van der Waals surface area contributed by atoms with Crippen molar-refractivity contribution in [2.24, 2.45) is 0 Å². The van der Waals surface area contributed by atoms with Crippen LogP contribution in [0, 0.1) is 6.92 Å². The Balaban J connectivity index is 1.76. The van der Waals surface area contributed by atoms with E-state index in [-0.39, 0.29) is 18.0 Å². The van der Waals surface area contributed by atoms with Gasteiger partial charge >= 0.3 is 5.97 Å². The molecule has 1 aliphatic rings. The number of aryl methyl sites for hydroxylation is 1. The smallest absolute Gasteiger partial charge is 0.338 e. The third-order valence-corrected chi connectivity index (χ3v) is 4.17. The van der Waals surface area contributed by atoms with Crippen LogP contribution in [0.15, 0.2) is 54.6 Å². The Kier molecular flexibility index (Phi) is 4.54. The Morgan fingerprint density at radius 1 is 1.14 bits per heavy atom. The second kappa shape index (κ2) is 6.75. The van der Waals surface area contributed by atoms with Gasteiger partial charge in [0.25, 0.3) is 0 Å². The minimum absolute atomic E-state index is 0.121. The lowest BCUT2D eigenvalue weighted by atomic mass is 9.88. The highest BCUT2D eigenvalue weighted by molar-refractivity contribution is 5.89. The second-order valence-electron chi connectivity index (χ2n) is 5.82. The molecule has 1 saturated heterocycles. The molecule has 0 spiro atoms. The van der Waals surface area contributed by atoms with E-state index in [0.29, 0.717) is 12.1 Å². The number of ether oxygens (including phenoxy) is 1. The van der Waals surface area contributed by atoms with Gasteiger partial charge in [-0.05, 0) is 37.6 Å². The maximum Gasteiger partial charge on any atom is 0.338 e. The predicted molar refractivity (Wildman–Crippen MR) is 87.1 cm³/mol. The maximum absolute atomic E-state index is 12.4. The van der Waals surface area contributed by atoms with Crippen LogP contribution in [0.25, 0.3) is 0 Å². The molecule has 3 heteroatoms. The molecule has 1 heterocycles. The Hall–Kier alpha value is -2.13. The summed E-state index contributed by atoms with van der Waals surface area (Å²) in [6, 6.07) is 17.9. The van der Waals surface area contributed by atoms with Crippen molar-refractivity contribution >= 4 is 5.97 Å². The zero-order valence-corrected chi connectivity index (χ0v) is 12.8. The molecule has 114 valence electrons. The van der Waals surface area contributed by atoms with E-state index < -0.39 is 0 Å². The van der Waals surface area contributed by atoms with Gasteiger partial charge in [-0.1, -0.05) is 48.0 Å². The summed E-state index contributed by atoms with van der Waals surface area (Å²) in [4.78, 5) is 12.4. The van der Waals surface area contributed by atoms with Crippen molar-refractivity contribution in [3.8, 4) is 0 Å². The van der Waals surface area contributed by atoms with Crippen molar-refractivity contribution in [3.05, 3.63) is 71.3 Å². The molecule has 1 N–H and O–H groups in total. The molecule has 3 rings (SSSR count). The van der Waals surface area contributed by atoms with Crippen LogP contribution in [-0.4, -0.2) is 25.2 Å². The number of piperidine rings is 1. The first-order valence-corrected chi connectivity index (χ1v) is 7.77. The van der Waals surface area contributed by atoms with Gasteiger partial charge in [0.05, 0.1) is 5.56 Å². The van der Waals surface area contributed by atoms with Crippen molar-refractivity contribution in [1.82, 2.24) is 5.32 Å². The summed E-state index contributed by atoms with van der Waals surface area (Å²) in [6.07, 6.45) is 0.861.